The van der Waals surface area contributed by atoms with Crippen LogP contribution in [0.15, 0.2) is 23.7 Å². The summed E-state index contributed by atoms with van der Waals surface area (Å²) >= 11 is 0. The molecule has 0 aliphatic heterocycles. The third-order valence-electron chi connectivity index (χ3n) is 0.539. The molecule has 0 fully saturated rings. The minimum atomic E-state index is 0.273. The van der Waals surface area contributed by atoms with Gasteiger partial charge in [-0.05, 0) is 19.1 Å². The van der Waals surface area contributed by atoms with Gasteiger partial charge in [0.15, 0.2) is 0 Å². The van der Waals surface area contributed by atoms with Crippen molar-refractivity contribution in [1.29, 1.82) is 0 Å². The standard InChI is InChI=1S/C5H11N3/c1-4(6)2-3-5(7)8/h2-3H,6-8H2,1H3/b4-2-. The minimum Gasteiger partial charge on any atom is -0.402 e. The highest BCUT2D eigenvalue weighted by molar-refractivity contribution is 5.10. The molecule has 0 rings (SSSR count). The Morgan fingerprint density at radius 3 is 1.75 bits per heavy atom. The molecule has 0 amide bonds. The molecule has 3 heteroatoms. The Labute approximate surface area is 48.8 Å². The SMILES string of the molecule is C/C(N)=C/C=C(N)N. The first-order valence-electron chi connectivity index (χ1n) is 2.28. The summed E-state index contributed by atoms with van der Waals surface area (Å²) in [5.74, 6) is 0.273. The molecule has 0 aromatic rings. The number of hydrogen-bond donors (Lipinski definition) is 3. The zero-order valence-corrected chi connectivity index (χ0v) is 4.89. The maximum absolute atomic E-state index is 5.25. The summed E-state index contributed by atoms with van der Waals surface area (Å²) in [5, 5.41) is 0. The summed E-state index contributed by atoms with van der Waals surface area (Å²) in [6, 6.07) is 0. The summed E-state index contributed by atoms with van der Waals surface area (Å²) in [4.78, 5) is 0. The highest BCUT2D eigenvalue weighted by Crippen LogP contribution is 1.80. The fourth-order valence-corrected chi connectivity index (χ4v) is 0.228. The molecule has 0 aliphatic rings. The summed E-state index contributed by atoms with van der Waals surface area (Å²) < 4.78 is 0. The van der Waals surface area contributed by atoms with Crippen LogP contribution in [-0.2, 0) is 0 Å². The van der Waals surface area contributed by atoms with E-state index in [2.05, 4.69) is 0 Å². The smallest absolute Gasteiger partial charge is 0.0934 e. The number of allylic oxidation sites excluding steroid dienone is 3. The van der Waals surface area contributed by atoms with Crippen molar-refractivity contribution in [3.05, 3.63) is 23.7 Å². The Kier molecular flexibility index (Phi) is 2.54. The van der Waals surface area contributed by atoms with Gasteiger partial charge in [-0.2, -0.15) is 0 Å². The van der Waals surface area contributed by atoms with Crippen molar-refractivity contribution < 1.29 is 0 Å². The number of nitrogens with two attached hydrogens (primary N) is 3. The highest BCUT2D eigenvalue weighted by Gasteiger charge is 1.72. The van der Waals surface area contributed by atoms with Gasteiger partial charge in [-0.1, -0.05) is 0 Å². The maximum Gasteiger partial charge on any atom is 0.0934 e. The molecule has 6 N–H and O–H groups in total. The average Bonchev–Trinajstić information content (AvgIpc) is 1.61. The van der Waals surface area contributed by atoms with E-state index in [1.165, 1.54) is 0 Å². The van der Waals surface area contributed by atoms with Gasteiger partial charge in [0, 0.05) is 5.70 Å². The van der Waals surface area contributed by atoms with Crippen LogP contribution in [0, 0.1) is 0 Å². The van der Waals surface area contributed by atoms with Crippen LogP contribution in [0.5, 0.6) is 0 Å². The summed E-state index contributed by atoms with van der Waals surface area (Å²) in [6.45, 7) is 1.76. The van der Waals surface area contributed by atoms with Crippen molar-refractivity contribution in [3.8, 4) is 0 Å². The van der Waals surface area contributed by atoms with Crippen LogP contribution >= 0.6 is 0 Å². The van der Waals surface area contributed by atoms with Gasteiger partial charge in [0.25, 0.3) is 0 Å². The third kappa shape index (κ3) is 4.88. The average molecular weight is 113 g/mol. The van der Waals surface area contributed by atoms with E-state index < -0.39 is 0 Å². The van der Waals surface area contributed by atoms with E-state index in [-0.39, 0.29) is 5.82 Å². The Morgan fingerprint density at radius 1 is 1.12 bits per heavy atom. The van der Waals surface area contributed by atoms with Crippen LogP contribution in [0.1, 0.15) is 6.92 Å². The van der Waals surface area contributed by atoms with Crippen molar-refractivity contribution in [1.82, 2.24) is 0 Å². The monoisotopic (exact) mass is 113 g/mol. The molecule has 0 spiro atoms. The highest BCUT2D eigenvalue weighted by atomic mass is 14.8. The van der Waals surface area contributed by atoms with E-state index in [0.717, 1.165) is 0 Å². The fraction of sp³-hybridized carbons (Fsp3) is 0.200. The van der Waals surface area contributed by atoms with Gasteiger partial charge in [0.2, 0.25) is 0 Å². The molecule has 0 saturated carbocycles. The van der Waals surface area contributed by atoms with Gasteiger partial charge in [-0.25, -0.2) is 0 Å². The second kappa shape index (κ2) is 2.96. The molecular formula is C5H11N3. The minimum absolute atomic E-state index is 0.273. The predicted octanol–water partition coefficient (Wildman–Crippen LogP) is -0.392. The van der Waals surface area contributed by atoms with Crippen LogP contribution < -0.4 is 17.2 Å². The van der Waals surface area contributed by atoms with Crippen molar-refractivity contribution in [2.45, 2.75) is 6.92 Å². The first kappa shape index (κ1) is 6.88. The summed E-state index contributed by atoms with van der Waals surface area (Å²) in [7, 11) is 0. The van der Waals surface area contributed by atoms with E-state index in [0.29, 0.717) is 5.70 Å². The Bertz CT molecular complexity index is 99.6. The molecule has 0 saturated heterocycles. The van der Waals surface area contributed by atoms with Crippen LogP contribution in [-0.4, -0.2) is 0 Å². The zero-order valence-electron chi connectivity index (χ0n) is 4.89. The molecule has 3 nitrogen and oxygen atoms in total. The Hall–Kier alpha value is -1.12. The number of hydrogen-bond acceptors (Lipinski definition) is 3. The lowest BCUT2D eigenvalue weighted by molar-refractivity contribution is 1.24. The Balaban J connectivity index is 3.76. The Morgan fingerprint density at radius 2 is 1.62 bits per heavy atom. The topological polar surface area (TPSA) is 78.1 Å². The molecular weight excluding hydrogens is 102 g/mol. The first-order valence-corrected chi connectivity index (χ1v) is 2.28. The second-order valence-corrected chi connectivity index (χ2v) is 1.58. The molecule has 8 heavy (non-hydrogen) atoms. The largest absolute Gasteiger partial charge is 0.402 e. The van der Waals surface area contributed by atoms with Crippen LogP contribution in [0.25, 0.3) is 0 Å². The van der Waals surface area contributed by atoms with Crippen LogP contribution in [0.4, 0.5) is 0 Å². The molecule has 0 unspecified atom stereocenters. The van der Waals surface area contributed by atoms with Crippen LogP contribution in [0.2, 0.25) is 0 Å². The zero-order chi connectivity index (χ0) is 6.57. The second-order valence-electron chi connectivity index (χ2n) is 1.58. The van der Waals surface area contributed by atoms with E-state index in [9.17, 15) is 0 Å². The van der Waals surface area contributed by atoms with Crippen LogP contribution in [0.3, 0.4) is 0 Å². The molecule has 0 radical (unpaired) electrons. The maximum atomic E-state index is 5.25. The van der Waals surface area contributed by atoms with Crippen molar-refractivity contribution in [3.63, 3.8) is 0 Å². The summed E-state index contributed by atoms with van der Waals surface area (Å²) in [5.41, 5.74) is 16.1. The van der Waals surface area contributed by atoms with E-state index >= 15 is 0 Å². The van der Waals surface area contributed by atoms with Crippen molar-refractivity contribution in [2.75, 3.05) is 0 Å². The molecule has 46 valence electrons. The predicted molar refractivity (Wildman–Crippen MR) is 34.4 cm³/mol. The molecule has 0 atom stereocenters. The molecule has 0 bridgehead atoms. The van der Waals surface area contributed by atoms with E-state index in [4.69, 9.17) is 17.2 Å². The molecule has 0 aliphatic carbocycles. The molecule has 0 aromatic carbocycles. The quantitative estimate of drug-likeness (QED) is 0.405. The van der Waals surface area contributed by atoms with Gasteiger partial charge < -0.3 is 17.2 Å². The van der Waals surface area contributed by atoms with Crippen molar-refractivity contribution >= 4 is 0 Å². The van der Waals surface area contributed by atoms with E-state index in [1.54, 1.807) is 19.1 Å². The fourth-order valence-electron chi connectivity index (χ4n) is 0.228. The number of rotatable bonds is 1. The lowest BCUT2D eigenvalue weighted by Crippen LogP contribution is -2.07. The molecule has 0 aromatic heterocycles. The lowest BCUT2D eigenvalue weighted by Gasteiger charge is -1.85. The van der Waals surface area contributed by atoms with Gasteiger partial charge >= 0.3 is 0 Å². The third-order valence-corrected chi connectivity index (χ3v) is 0.539. The first-order chi connectivity index (χ1) is 3.63. The van der Waals surface area contributed by atoms with Gasteiger partial charge in [-0.15, -0.1) is 0 Å². The van der Waals surface area contributed by atoms with Gasteiger partial charge in [-0.3, -0.25) is 0 Å². The normalized spacial score (nSPS) is 10.9. The van der Waals surface area contributed by atoms with Gasteiger partial charge in [0.1, 0.15) is 0 Å². The van der Waals surface area contributed by atoms with Gasteiger partial charge in [0.05, 0.1) is 5.82 Å². The summed E-state index contributed by atoms with van der Waals surface area (Å²) in [6.07, 6.45) is 3.20. The lowest BCUT2D eigenvalue weighted by atomic mass is 10.4. The van der Waals surface area contributed by atoms with Crippen molar-refractivity contribution in [2.24, 2.45) is 17.2 Å². The molecule has 0 heterocycles. The van der Waals surface area contributed by atoms with E-state index in [1.807, 2.05) is 0 Å².